The van der Waals surface area contributed by atoms with Gasteiger partial charge in [-0.3, -0.25) is 0 Å². The van der Waals surface area contributed by atoms with Crippen molar-refractivity contribution in [1.82, 2.24) is 15.6 Å². The smallest absolute Gasteiger partial charge is 0.213 e. The van der Waals surface area contributed by atoms with Crippen LogP contribution < -0.4 is 15.4 Å². The summed E-state index contributed by atoms with van der Waals surface area (Å²) in [5.74, 6) is 2.40. The van der Waals surface area contributed by atoms with Crippen molar-refractivity contribution in [2.45, 2.75) is 59.1 Å². The van der Waals surface area contributed by atoms with Gasteiger partial charge in [0.1, 0.15) is 6.10 Å². The molecule has 0 bridgehead atoms. The lowest BCUT2D eigenvalue weighted by molar-refractivity contribution is 0.130. The van der Waals surface area contributed by atoms with E-state index in [9.17, 15) is 0 Å². The molecule has 128 valence electrons. The molecule has 1 fully saturated rings. The standard InChI is InChI=1S/C18H30N4O/c1-4-19-18(20-5-2)22-13-15-10-11-21-17(12-15)23-16-8-6-14(3)7-9-16/h10-12,14,16H,4-9,13H2,1-3H3,(H2,19,20,22). The molecule has 5 nitrogen and oxygen atoms in total. The normalized spacial score (nSPS) is 20.7. The summed E-state index contributed by atoms with van der Waals surface area (Å²) in [6.07, 6.45) is 6.90. The van der Waals surface area contributed by atoms with E-state index in [1.54, 1.807) is 0 Å². The molecule has 1 heterocycles. The van der Waals surface area contributed by atoms with Crippen molar-refractivity contribution in [2.75, 3.05) is 13.1 Å². The van der Waals surface area contributed by atoms with E-state index in [2.05, 4.69) is 41.4 Å². The maximum atomic E-state index is 6.06. The van der Waals surface area contributed by atoms with Crippen LogP contribution in [0.5, 0.6) is 5.88 Å². The number of aromatic nitrogens is 1. The molecule has 23 heavy (non-hydrogen) atoms. The molecule has 1 saturated carbocycles. The topological polar surface area (TPSA) is 58.5 Å². The third kappa shape index (κ3) is 6.08. The molecular formula is C18H30N4O. The van der Waals surface area contributed by atoms with Crippen LogP contribution in [-0.4, -0.2) is 30.1 Å². The molecule has 0 spiro atoms. The molecule has 0 radical (unpaired) electrons. The van der Waals surface area contributed by atoms with Gasteiger partial charge in [0.25, 0.3) is 0 Å². The maximum absolute atomic E-state index is 6.06. The molecule has 0 saturated heterocycles. The van der Waals surface area contributed by atoms with E-state index in [1.165, 1.54) is 12.8 Å². The Morgan fingerprint density at radius 2 is 1.91 bits per heavy atom. The number of aliphatic imine (C=N–C) groups is 1. The highest BCUT2D eigenvalue weighted by Gasteiger charge is 2.19. The van der Waals surface area contributed by atoms with E-state index >= 15 is 0 Å². The Balaban J connectivity index is 1.92. The first-order chi connectivity index (χ1) is 11.2. The van der Waals surface area contributed by atoms with Gasteiger partial charge in [-0.2, -0.15) is 0 Å². The van der Waals surface area contributed by atoms with Crippen LogP contribution in [0.4, 0.5) is 0 Å². The van der Waals surface area contributed by atoms with Crippen LogP contribution in [0, 0.1) is 5.92 Å². The predicted octanol–water partition coefficient (Wildman–Crippen LogP) is 3.11. The lowest BCUT2D eigenvalue weighted by Crippen LogP contribution is -2.36. The minimum Gasteiger partial charge on any atom is -0.474 e. The van der Waals surface area contributed by atoms with Crippen molar-refractivity contribution in [3.8, 4) is 5.88 Å². The predicted molar refractivity (Wildman–Crippen MR) is 94.8 cm³/mol. The Morgan fingerprint density at radius 1 is 1.22 bits per heavy atom. The third-order valence-corrected chi connectivity index (χ3v) is 4.16. The third-order valence-electron chi connectivity index (χ3n) is 4.16. The van der Waals surface area contributed by atoms with E-state index in [0.29, 0.717) is 12.6 Å². The van der Waals surface area contributed by atoms with E-state index in [-0.39, 0.29) is 0 Å². The molecule has 0 atom stereocenters. The van der Waals surface area contributed by atoms with Crippen molar-refractivity contribution < 1.29 is 4.74 Å². The fraction of sp³-hybridized carbons (Fsp3) is 0.667. The second-order valence-electron chi connectivity index (χ2n) is 6.23. The van der Waals surface area contributed by atoms with Crippen LogP contribution in [0.2, 0.25) is 0 Å². The van der Waals surface area contributed by atoms with Crippen LogP contribution in [0.15, 0.2) is 23.3 Å². The van der Waals surface area contributed by atoms with Gasteiger partial charge in [0.05, 0.1) is 6.54 Å². The van der Waals surface area contributed by atoms with Crippen LogP contribution in [0.1, 0.15) is 52.0 Å². The Morgan fingerprint density at radius 3 is 2.57 bits per heavy atom. The van der Waals surface area contributed by atoms with Crippen molar-refractivity contribution in [1.29, 1.82) is 0 Å². The monoisotopic (exact) mass is 318 g/mol. The molecule has 0 amide bonds. The van der Waals surface area contributed by atoms with Crippen molar-refractivity contribution >= 4 is 5.96 Å². The number of hydrogen-bond acceptors (Lipinski definition) is 3. The van der Waals surface area contributed by atoms with Gasteiger partial charge in [-0.25, -0.2) is 9.98 Å². The SMILES string of the molecule is CCNC(=NCc1ccnc(OC2CCC(C)CC2)c1)NCC. The van der Waals surface area contributed by atoms with Gasteiger partial charge in [0, 0.05) is 25.4 Å². The molecule has 2 N–H and O–H groups in total. The molecule has 2 rings (SSSR count). The van der Waals surface area contributed by atoms with E-state index in [1.807, 2.05) is 18.3 Å². The second-order valence-corrected chi connectivity index (χ2v) is 6.23. The molecule has 0 aromatic carbocycles. The molecule has 1 aliphatic carbocycles. The van der Waals surface area contributed by atoms with Crippen molar-refractivity contribution in [3.05, 3.63) is 23.9 Å². The Hall–Kier alpha value is -1.78. The van der Waals surface area contributed by atoms with Gasteiger partial charge in [-0.15, -0.1) is 0 Å². The minimum absolute atomic E-state index is 0.316. The van der Waals surface area contributed by atoms with Crippen LogP contribution in [0.25, 0.3) is 0 Å². The lowest BCUT2D eigenvalue weighted by atomic mass is 9.89. The molecule has 1 aromatic rings. The second kappa shape index (κ2) is 9.38. The molecular weight excluding hydrogens is 288 g/mol. The summed E-state index contributed by atoms with van der Waals surface area (Å²) in [6, 6.07) is 4.01. The summed E-state index contributed by atoms with van der Waals surface area (Å²) in [7, 11) is 0. The number of guanidine groups is 1. The van der Waals surface area contributed by atoms with Crippen molar-refractivity contribution in [3.63, 3.8) is 0 Å². The van der Waals surface area contributed by atoms with E-state index in [4.69, 9.17) is 4.74 Å². The van der Waals surface area contributed by atoms with Gasteiger partial charge in [0.2, 0.25) is 5.88 Å². The fourth-order valence-electron chi connectivity index (χ4n) is 2.81. The molecule has 5 heteroatoms. The van der Waals surface area contributed by atoms with Gasteiger partial charge in [-0.05, 0) is 57.1 Å². The Labute approximate surface area is 139 Å². The first kappa shape index (κ1) is 17.6. The summed E-state index contributed by atoms with van der Waals surface area (Å²) in [6.45, 7) is 8.79. The molecule has 1 aromatic heterocycles. The number of rotatable bonds is 6. The van der Waals surface area contributed by atoms with Gasteiger partial charge < -0.3 is 15.4 Å². The van der Waals surface area contributed by atoms with Crippen LogP contribution in [0.3, 0.4) is 0 Å². The lowest BCUT2D eigenvalue weighted by Gasteiger charge is -2.26. The minimum atomic E-state index is 0.316. The summed E-state index contributed by atoms with van der Waals surface area (Å²) >= 11 is 0. The highest BCUT2D eigenvalue weighted by molar-refractivity contribution is 5.79. The van der Waals surface area contributed by atoms with Gasteiger partial charge in [0.15, 0.2) is 5.96 Å². The highest BCUT2D eigenvalue weighted by atomic mass is 16.5. The summed E-state index contributed by atoms with van der Waals surface area (Å²) in [5.41, 5.74) is 1.12. The zero-order valence-corrected chi connectivity index (χ0v) is 14.6. The van der Waals surface area contributed by atoms with Gasteiger partial charge >= 0.3 is 0 Å². The fourth-order valence-corrected chi connectivity index (χ4v) is 2.81. The summed E-state index contributed by atoms with van der Waals surface area (Å²) in [5, 5.41) is 6.46. The average molecular weight is 318 g/mol. The van der Waals surface area contributed by atoms with Crippen LogP contribution >= 0.6 is 0 Å². The zero-order valence-electron chi connectivity index (χ0n) is 14.6. The number of nitrogens with one attached hydrogen (secondary N) is 2. The van der Waals surface area contributed by atoms with E-state index < -0.39 is 0 Å². The Bertz CT molecular complexity index is 488. The first-order valence-electron chi connectivity index (χ1n) is 8.85. The largest absolute Gasteiger partial charge is 0.474 e. The number of hydrogen-bond donors (Lipinski definition) is 2. The number of nitrogens with zero attached hydrogens (tertiary/aromatic N) is 2. The Kier molecular flexibility index (Phi) is 7.17. The summed E-state index contributed by atoms with van der Waals surface area (Å²) in [4.78, 5) is 8.93. The first-order valence-corrected chi connectivity index (χ1v) is 8.85. The number of ether oxygens (including phenoxy) is 1. The average Bonchev–Trinajstić information content (AvgIpc) is 2.56. The maximum Gasteiger partial charge on any atom is 0.213 e. The zero-order chi connectivity index (χ0) is 16.5. The molecule has 0 unspecified atom stereocenters. The van der Waals surface area contributed by atoms with Gasteiger partial charge in [-0.1, -0.05) is 6.92 Å². The van der Waals surface area contributed by atoms with Crippen LogP contribution in [-0.2, 0) is 6.54 Å². The summed E-state index contributed by atoms with van der Waals surface area (Å²) < 4.78 is 6.06. The molecule has 0 aliphatic heterocycles. The number of pyridine rings is 1. The molecule has 1 aliphatic rings. The van der Waals surface area contributed by atoms with E-state index in [0.717, 1.165) is 49.3 Å². The highest BCUT2D eigenvalue weighted by Crippen LogP contribution is 2.26. The quantitative estimate of drug-likeness (QED) is 0.625. The van der Waals surface area contributed by atoms with Crippen molar-refractivity contribution in [2.24, 2.45) is 10.9 Å².